The molecule has 0 aliphatic rings. The second kappa shape index (κ2) is 14.5. The van der Waals surface area contributed by atoms with Crippen LogP contribution in [0.2, 0.25) is 10.0 Å². The van der Waals surface area contributed by atoms with E-state index in [-0.39, 0.29) is 23.8 Å². The highest BCUT2D eigenvalue weighted by molar-refractivity contribution is 7.92. The number of aryl methyl sites for hydroxylation is 1. The van der Waals surface area contributed by atoms with Gasteiger partial charge >= 0.3 is 0 Å². The fourth-order valence-electron chi connectivity index (χ4n) is 4.91. The van der Waals surface area contributed by atoms with Gasteiger partial charge in [0, 0.05) is 28.5 Å². The van der Waals surface area contributed by atoms with Crippen LogP contribution in [0.25, 0.3) is 0 Å². The average molecular weight is 667 g/mol. The monoisotopic (exact) mass is 665 g/mol. The van der Waals surface area contributed by atoms with Crippen LogP contribution in [-0.2, 0) is 32.6 Å². The number of hydrogen-bond acceptors (Lipinski definition) is 4. The summed E-state index contributed by atoms with van der Waals surface area (Å²) in [6, 6.07) is 28.2. The first-order valence-electron chi connectivity index (χ1n) is 14.5. The summed E-state index contributed by atoms with van der Waals surface area (Å²) in [4.78, 5) is 29.9. The van der Waals surface area contributed by atoms with Gasteiger partial charge in [-0.3, -0.25) is 13.9 Å². The molecule has 236 valence electrons. The quantitative estimate of drug-likeness (QED) is 0.186. The third-order valence-corrected chi connectivity index (χ3v) is 9.53. The van der Waals surface area contributed by atoms with Crippen molar-refractivity contribution in [3.05, 3.63) is 130 Å². The summed E-state index contributed by atoms with van der Waals surface area (Å²) in [5, 5.41) is 3.83. The molecule has 0 aliphatic heterocycles. The first-order chi connectivity index (χ1) is 21.3. The van der Waals surface area contributed by atoms with Crippen molar-refractivity contribution in [2.24, 2.45) is 0 Å². The van der Waals surface area contributed by atoms with Crippen molar-refractivity contribution in [2.45, 2.75) is 57.1 Å². The Morgan fingerprint density at radius 3 is 2.04 bits per heavy atom. The fraction of sp³-hybridized carbons (Fsp3) is 0.257. The van der Waals surface area contributed by atoms with Crippen LogP contribution in [-0.4, -0.2) is 43.3 Å². The molecule has 0 saturated carbocycles. The van der Waals surface area contributed by atoms with Crippen LogP contribution in [0.3, 0.4) is 0 Å². The molecule has 4 rings (SSSR count). The van der Waals surface area contributed by atoms with Crippen molar-refractivity contribution in [3.63, 3.8) is 0 Å². The third-order valence-electron chi connectivity index (χ3n) is 7.13. The van der Waals surface area contributed by atoms with Crippen LogP contribution in [0.1, 0.15) is 37.5 Å². The molecule has 2 amide bonds. The van der Waals surface area contributed by atoms with Gasteiger partial charge in [0.05, 0.1) is 10.6 Å². The van der Waals surface area contributed by atoms with E-state index < -0.39 is 34.1 Å². The van der Waals surface area contributed by atoms with E-state index in [2.05, 4.69) is 5.32 Å². The summed E-state index contributed by atoms with van der Waals surface area (Å²) in [7, 11) is -4.24. The topological polar surface area (TPSA) is 86.8 Å². The van der Waals surface area contributed by atoms with Gasteiger partial charge in [-0.25, -0.2) is 8.42 Å². The Hall–Kier alpha value is -3.85. The van der Waals surface area contributed by atoms with E-state index in [1.807, 2.05) is 51.1 Å². The maximum absolute atomic E-state index is 14.6. The summed E-state index contributed by atoms with van der Waals surface area (Å²) >= 11 is 12.6. The minimum atomic E-state index is -4.24. The molecule has 1 atom stereocenters. The van der Waals surface area contributed by atoms with Crippen molar-refractivity contribution < 1.29 is 18.0 Å². The number of carbonyl (C=O) groups excluding carboxylic acids is 2. The number of carbonyl (C=O) groups is 2. The van der Waals surface area contributed by atoms with Crippen molar-refractivity contribution in [2.75, 3.05) is 10.8 Å². The first-order valence-corrected chi connectivity index (χ1v) is 16.7. The molecule has 0 bridgehead atoms. The highest BCUT2D eigenvalue weighted by atomic mass is 35.5. The SMILES string of the molecule is Cc1ccccc1N(CC(=O)N(Cc1ccccc1Cl)[C@H](Cc1ccccc1)C(=O)NC(C)(C)C)S(=O)(=O)c1ccc(Cl)cc1. The normalized spacial score (nSPS) is 12.3. The van der Waals surface area contributed by atoms with E-state index in [0.717, 1.165) is 9.87 Å². The molecule has 7 nitrogen and oxygen atoms in total. The lowest BCUT2D eigenvalue weighted by Gasteiger charge is -2.35. The van der Waals surface area contributed by atoms with E-state index in [0.29, 0.717) is 26.9 Å². The summed E-state index contributed by atoms with van der Waals surface area (Å²) < 4.78 is 29.4. The number of anilines is 1. The number of rotatable bonds is 11. The van der Waals surface area contributed by atoms with E-state index in [4.69, 9.17) is 23.2 Å². The predicted molar refractivity (Wildman–Crippen MR) is 181 cm³/mol. The van der Waals surface area contributed by atoms with E-state index in [1.165, 1.54) is 29.2 Å². The highest BCUT2D eigenvalue weighted by Crippen LogP contribution is 2.29. The van der Waals surface area contributed by atoms with Gasteiger partial charge in [-0.2, -0.15) is 0 Å². The van der Waals surface area contributed by atoms with Gasteiger partial charge in [-0.15, -0.1) is 0 Å². The van der Waals surface area contributed by atoms with Gasteiger partial charge < -0.3 is 10.2 Å². The van der Waals surface area contributed by atoms with Gasteiger partial charge in [0.15, 0.2) is 0 Å². The zero-order chi connectivity index (χ0) is 32.8. The lowest BCUT2D eigenvalue weighted by atomic mass is 10.0. The molecule has 0 aromatic heterocycles. The molecule has 0 radical (unpaired) electrons. The van der Waals surface area contributed by atoms with Crippen LogP contribution in [0.5, 0.6) is 0 Å². The number of nitrogens with one attached hydrogen (secondary N) is 1. The van der Waals surface area contributed by atoms with E-state index in [1.54, 1.807) is 55.5 Å². The predicted octanol–water partition coefficient (Wildman–Crippen LogP) is 7.05. The maximum Gasteiger partial charge on any atom is 0.264 e. The maximum atomic E-state index is 14.6. The minimum absolute atomic E-state index is 0.0177. The number of halogens is 2. The second-order valence-corrected chi connectivity index (χ2v) is 14.5. The van der Waals surface area contributed by atoms with Crippen LogP contribution < -0.4 is 9.62 Å². The molecule has 4 aromatic rings. The van der Waals surface area contributed by atoms with Crippen molar-refractivity contribution in [1.29, 1.82) is 0 Å². The Morgan fingerprint density at radius 2 is 1.42 bits per heavy atom. The molecule has 4 aromatic carbocycles. The molecule has 0 aliphatic carbocycles. The number of benzene rings is 4. The number of hydrogen-bond donors (Lipinski definition) is 1. The van der Waals surface area contributed by atoms with Gasteiger partial charge in [-0.1, -0.05) is 89.9 Å². The summed E-state index contributed by atoms with van der Waals surface area (Å²) in [6.45, 7) is 6.79. The zero-order valence-electron chi connectivity index (χ0n) is 25.7. The average Bonchev–Trinajstić information content (AvgIpc) is 2.98. The van der Waals surface area contributed by atoms with Crippen LogP contribution >= 0.6 is 23.2 Å². The Bertz CT molecular complexity index is 1740. The highest BCUT2D eigenvalue weighted by Gasteiger charge is 2.36. The molecule has 0 spiro atoms. The molecular weight excluding hydrogens is 629 g/mol. The standard InChI is InChI=1S/C35H37Cl2N3O4S/c1-25-12-8-11-17-31(25)40(45(43,44)29-20-18-28(36)19-21-29)24-33(41)39(23-27-15-9-10-16-30(27)37)32(34(42)38-35(2,3)4)22-26-13-6-5-7-14-26/h5-21,32H,22-24H2,1-4H3,(H,38,42)/t32-/m1/s1. The Balaban J connectivity index is 1.84. The van der Waals surface area contributed by atoms with Gasteiger partial charge in [0.2, 0.25) is 11.8 Å². The molecule has 0 heterocycles. The third kappa shape index (κ3) is 8.87. The second-order valence-electron chi connectivity index (χ2n) is 11.8. The lowest BCUT2D eigenvalue weighted by Crippen LogP contribution is -2.56. The lowest BCUT2D eigenvalue weighted by molar-refractivity contribution is -0.140. The van der Waals surface area contributed by atoms with Crippen molar-refractivity contribution in [1.82, 2.24) is 10.2 Å². The summed E-state index contributed by atoms with van der Waals surface area (Å²) in [5.74, 6) is -0.935. The minimum Gasteiger partial charge on any atom is -0.350 e. The Labute approximate surface area is 275 Å². The number of sulfonamides is 1. The Kier molecular flexibility index (Phi) is 11.0. The van der Waals surface area contributed by atoms with Gasteiger partial charge in [0.1, 0.15) is 12.6 Å². The summed E-state index contributed by atoms with van der Waals surface area (Å²) in [5.41, 5.74) is 1.88. The number of para-hydroxylation sites is 1. The molecule has 0 fully saturated rings. The molecule has 1 N–H and O–H groups in total. The first kappa shape index (κ1) is 34.0. The zero-order valence-corrected chi connectivity index (χ0v) is 28.0. The van der Waals surface area contributed by atoms with Crippen LogP contribution in [0.4, 0.5) is 5.69 Å². The molecular formula is C35H37Cl2N3O4S. The largest absolute Gasteiger partial charge is 0.350 e. The van der Waals surface area contributed by atoms with Crippen molar-refractivity contribution in [3.8, 4) is 0 Å². The smallest absolute Gasteiger partial charge is 0.264 e. The fourth-order valence-corrected chi connectivity index (χ4v) is 6.71. The van der Waals surface area contributed by atoms with Gasteiger partial charge in [-0.05, 0) is 80.8 Å². The van der Waals surface area contributed by atoms with Crippen molar-refractivity contribution >= 4 is 50.7 Å². The number of nitrogens with zero attached hydrogens (tertiary/aromatic N) is 2. The number of amides is 2. The molecule has 45 heavy (non-hydrogen) atoms. The Morgan fingerprint density at radius 1 is 0.822 bits per heavy atom. The molecule has 0 saturated heterocycles. The van der Waals surface area contributed by atoms with E-state index in [9.17, 15) is 18.0 Å². The molecule has 10 heteroatoms. The van der Waals surface area contributed by atoms with E-state index >= 15 is 0 Å². The molecule has 0 unspecified atom stereocenters. The van der Waals surface area contributed by atoms with Crippen LogP contribution in [0.15, 0.2) is 108 Å². The van der Waals surface area contributed by atoms with Crippen LogP contribution in [0, 0.1) is 6.92 Å². The van der Waals surface area contributed by atoms with Gasteiger partial charge in [0.25, 0.3) is 10.0 Å². The summed E-state index contributed by atoms with van der Waals surface area (Å²) in [6.07, 6.45) is 0.202.